The van der Waals surface area contributed by atoms with E-state index in [0.717, 1.165) is 5.56 Å². The Bertz CT molecular complexity index is 756. The zero-order chi connectivity index (χ0) is 18.1. The molecule has 130 valence electrons. The van der Waals surface area contributed by atoms with E-state index in [1.807, 2.05) is 13.0 Å². The summed E-state index contributed by atoms with van der Waals surface area (Å²) in [6.45, 7) is 1.95. The minimum Gasteiger partial charge on any atom is -0.492 e. The van der Waals surface area contributed by atoms with E-state index in [0.29, 0.717) is 23.1 Å². The van der Waals surface area contributed by atoms with Crippen LogP contribution in [-0.4, -0.2) is 25.1 Å². The fourth-order valence-corrected chi connectivity index (χ4v) is 2.09. The van der Waals surface area contributed by atoms with E-state index in [4.69, 9.17) is 21.1 Å². The van der Waals surface area contributed by atoms with E-state index in [1.165, 1.54) is 6.08 Å². The normalized spacial score (nSPS) is 10.5. The third kappa shape index (κ3) is 6.31. The number of rotatable bonds is 7. The van der Waals surface area contributed by atoms with Gasteiger partial charge in [-0.05, 0) is 42.8 Å². The van der Waals surface area contributed by atoms with Gasteiger partial charge in [0.1, 0.15) is 5.75 Å². The number of carbonyl (C=O) groups excluding carboxylic acids is 2. The number of ether oxygens (including phenoxy) is 2. The molecule has 0 fully saturated rings. The van der Waals surface area contributed by atoms with Crippen LogP contribution in [0.15, 0.2) is 54.6 Å². The fourth-order valence-electron chi connectivity index (χ4n) is 1.96. The zero-order valence-corrected chi connectivity index (χ0v) is 14.5. The third-order valence-electron chi connectivity index (χ3n) is 3.09. The van der Waals surface area contributed by atoms with E-state index in [-0.39, 0.29) is 6.61 Å². The van der Waals surface area contributed by atoms with Crippen molar-refractivity contribution >= 4 is 35.2 Å². The van der Waals surface area contributed by atoms with Gasteiger partial charge in [-0.15, -0.1) is 0 Å². The predicted octanol–water partition coefficient (Wildman–Crippen LogP) is 3.93. The molecular formula is C19H18ClNO4. The Balaban J connectivity index is 1.83. The minimum absolute atomic E-state index is 0.385. The summed E-state index contributed by atoms with van der Waals surface area (Å²) >= 11 is 5.79. The maximum atomic E-state index is 11.9. The molecule has 2 rings (SSSR count). The van der Waals surface area contributed by atoms with E-state index in [9.17, 15) is 9.59 Å². The lowest BCUT2D eigenvalue weighted by Crippen LogP contribution is -2.20. The number of benzene rings is 2. The number of hydrogen-bond donors (Lipinski definition) is 1. The van der Waals surface area contributed by atoms with Crippen LogP contribution in [0.25, 0.3) is 6.08 Å². The number of esters is 1. The summed E-state index contributed by atoms with van der Waals surface area (Å²) in [4.78, 5) is 23.6. The lowest BCUT2D eigenvalue weighted by molar-refractivity contribution is -0.142. The Morgan fingerprint density at radius 1 is 1.12 bits per heavy atom. The van der Waals surface area contributed by atoms with Gasteiger partial charge in [-0.1, -0.05) is 35.9 Å². The first-order valence-corrected chi connectivity index (χ1v) is 8.08. The van der Waals surface area contributed by atoms with Crippen LogP contribution in [0.2, 0.25) is 5.02 Å². The van der Waals surface area contributed by atoms with Gasteiger partial charge in [0, 0.05) is 11.1 Å². The van der Waals surface area contributed by atoms with Crippen LogP contribution in [0.3, 0.4) is 0 Å². The van der Waals surface area contributed by atoms with Crippen LogP contribution in [0.4, 0.5) is 5.69 Å². The van der Waals surface area contributed by atoms with Gasteiger partial charge < -0.3 is 14.8 Å². The second-order valence-electron chi connectivity index (χ2n) is 4.97. The highest BCUT2D eigenvalue weighted by atomic mass is 35.5. The largest absolute Gasteiger partial charge is 0.492 e. The summed E-state index contributed by atoms with van der Waals surface area (Å²) in [5.41, 5.74) is 1.33. The van der Waals surface area contributed by atoms with Crippen LogP contribution in [0, 0.1) is 0 Å². The first-order chi connectivity index (χ1) is 12.1. The quantitative estimate of drug-likeness (QED) is 0.601. The Morgan fingerprint density at radius 2 is 1.84 bits per heavy atom. The van der Waals surface area contributed by atoms with Crippen molar-refractivity contribution < 1.29 is 19.1 Å². The first kappa shape index (κ1) is 18.5. The Hall–Kier alpha value is -2.79. The molecule has 0 aliphatic rings. The average Bonchev–Trinajstić information content (AvgIpc) is 2.61. The summed E-state index contributed by atoms with van der Waals surface area (Å²) in [7, 11) is 0. The number of hydrogen-bond acceptors (Lipinski definition) is 4. The van der Waals surface area contributed by atoms with Crippen molar-refractivity contribution in [1.82, 2.24) is 0 Å². The van der Waals surface area contributed by atoms with Crippen molar-refractivity contribution in [2.75, 3.05) is 18.5 Å². The minimum atomic E-state index is -0.608. The van der Waals surface area contributed by atoms with Crippen LogP contribution in [-0.2, 0) is 14.3 Å². The molecule has 0 atom stereocenters. The summed E-state index contributed by atoms with van der Waals surface area (Å²) in [6.07, 6.45) is 2.84. The molecule has 0 spiro atoms. The molecule has 0 bridgehead atoms. The van der Waals surface area contributed by atoms with Crippen molar-refractivity contribution in [2.24, 2.45) is 0 Å². The van der Waals surface area contributed by atoms with Crippen molar-refractivity contribution in [3.8, 4) is 5.75 Å². The monoisotopic (exact) mass is 359 g/mol. The number of amides is 1. The number of anilines is 1. The molecule has 0 unspecified atom stereocenters. The Morgan fingerprint density at radius 3 is 2.56 bits per heavy atom. The second-order valence-corrected chi connectivity index (χ2v) is 5.41. The van der Waals surface area contributed by atoms with Gasteiger partial charge >= 0.3 is 5.97 Å². The van der Waals surface area contributed by atoms with Gasteiger partial charge in [-0.3, -0.25) is 4.79 Å². The smallest absolute Gasteiger partial charge is 0.331 e. The molecule has 25 heavy (non-hydrogen) atoms. The molecular weight excluding hydrogens is 342 g/mol. The third-order valence-corrected chi connectivity index (χ3v) is 3.34. The van der Waals surface area contributed by atoms with Crippen molar-refractivity contribution in [3.63, 3.8) is 0 Å². The summed E-state index contributed by atoms with van der Waals surface area (Å²) in [6, 6.07) is 14.0. The summed E-state index contributed by atoms with van der Waals surface area (Å²) < 4.78 is 10.3. The highest BCUT2D eigenvalue weighted by molar-refractivity contribution is 6.30. The lowest BCUT2D eigenvalue weighted by atomic mass is 10.2. The summed E-state index contributed by atoms with van der Waals surface area (Å²) in [5.74, 6) is -0.490. The molecule has 0 saturated carbocycles. The molecule has 5 nitrogen and oxygen atoms in total. The molecule has 2 aromatic carbocycles. The zero-order valence-electron chi connectivity index (χ0n) is 13.7. The van der Waals surface area contributed by atoms with E-state index >= 15 is 0 Å². The predicted molar refractivity (Wildman–Crippen MR) is 97.7 cm³/mol. The molecule has 0 aromatic heterocycles. The molecule has 1 amide bonds. The molecule has 1 N–H and O–H groups in total. The number of halogens is 1. The number of carbonyl (C=O) groups is 2. The van der Waals surface area contributed by atoms with Gasteiger partial charge in [-0.2, -0.15) is 0 Å². The van der Waals surface area contributed by atoms with E-state index < -0.39 is 11.9 Å². The molecule has 6 heteroatoms. The van der Waals surface area contributed by atoms with E-state index in [2.05, 4.69) is 5.32 Å². The van der Waals surface area contributed by atoms with Crippen LogP contribution in [0.1, 0.15) is 12.5 Å². The lowest BCUT2D eigenvalue weighted by Gasteiger charge is -2.11. The van der Waals surface area contributed by atoms with Gasteiger partial charge in [0.15, 0.2) is 6.61 Å². The number of nitrogens with one attached hydrogen (secondary N) is 1. The maximum absolute atomic E-state index is 11.9. The molecule has 0 radical (unpaired) electrons. The van der Waals surface area contributed by atoms with Crippen molar-refractivity contribution in [1.29, 1.82) is 0 Å². The molecule has 0 saturated heterocycles. The molecule has 0 aliphatic heterocycles. The highest BCUT2D eigenvalue weighted by Crippen LogP contribution is 2.23. The Labute approximate surface area is 151 Å². The molecule has 2 aromatic rings. The van der Waals surface area contributed by atoms with Gasteiger partial charge in [0.25, 0.3) is 5.91 Å². The topological polar surface area (TPSA) is 64.6 Å². The van der Waals surface area contributed by atoms with Gasteiger partial charge in [0.05, 0.1) is 12.3 Å². The van der Waals surface area contributed by atoms with Crippen LogP contribution >= 0.6 is 11.6 Å². The van der Waals surface area contributed by atoms with Crippen LogP contribution in [0.5, 0.6) is 5.75 Å². The maximum Gasteiger partial charge on any atom is 0.331 e. The second kappa shape index (κ2) is 9.49. The average molecular weight is 360 g/mol. The van der Waals surface area contributed by atoms with Gasteiger partial charge in [-0.25, -0.2) is 4.79 Å². The fraction of sp³-hybridized carbons (Fsp3) is 0.158. The number of para-hydroxylation sites is 2. The van der Waals surface area contributed by atoms with Crippen LogP contribution < -0.4 is 10.1 Å². The van der Waals surface area contributed by atoms with Crippen molar-refractivity contribution in [2.45, 2.75) is 6.92 Å². The summed E-state index contributed by atoms with van der Waals surface area (Å²) in [5, 5.41) is 3.27. The Kier molecular flexibility index (Phi) is 7.04. The SMILES string of the molecule is CCOc1ccccc1NC(=O)COC(=O)/C=C/c1ccc(Cl)cc1. The highest BCUT2D eigenvalue weighted by Gasteiger charge is 2.09. The standard InChI is InChI=1S/C19H18ClNO4/c1-2-24-17-6-4-3-5-16(17)21-18(22)13-25-19(23)12-9-14-7-10-15(20)11-8-14/h3-12H,2,13H2,1H3,(H,21,22)/b12-9+. The van der Waals surface area contributed by atoms with Gasteiger partial charge in [0.2, 0.25) is 0 Å². The van der Waals surface area contributed by atoms with Crippen molar-refractivity contribution in [3.05, 3.63) is 65.2 Å². The first-order valence-electron chi connectivity index (χ1n) is 7.70. The molecule has 0 aliphatic carbocycles. The molecule has 0 heterocycles. The van der Waals surface area contributed by atoms with E-state index in [1.54, 1.807) is 48.5 Å².